The first-order valence-corrected chi connectivity index (χ1v) is 7.27. The molecule has 1 saturated carbocycles. The number of para-hydroxylation sites is 1. The summed E-state index contributed by atoms with van der Waals surface area (Å²) < 4.78 is 5.72. The number of amides is 1. The number of hydrogen-bond donors (Lipinski definition) is 1. The number of benzene rings is 1. The molecule has 2 rings (SSSR count). The number of likely N-dealkylation sites (N-methyl/N-ethyl adjacent to an activating group) is 1. The number of ether oxygens (including phenoxy) is 1. The fourth-order valence-electron chi connectivity index (χ4n) is 2.67. The molecule has 1 aliphatic carbocycles. The van der Waals surface area contributed by atoms with Crippen molar-refractivity contribution in [1.82, 2.24) is 4.90 Å². The van der Waals surface area contributed by atoms with Crippen LogP contribution >= 0.6 is 0 Å². The van der Waals surface area contributed by atoms with E-state index in [1.165, 1.54) is 0 Å². The average molecular weight is 276 g/mol. The molecule has 0 unspecified atom stereocenters. The molecule has 0 heterocycles. The van der Waals surface area contributed by atoms with Crippen LogP contribution in [0, 0.1) is 12.8 Å². The van der Waals surface area contributed by atoms with Crippen LogP contribution in [0.25, 0.3) is 0 Å². The SMILES string of the molecule is Cc1ccccc1OCCN(C)C(=O)[C@H]1CC[C@@H](N)C1. The van der Waals surface area contributed by atoms with Gasteiger partial charge in [0.2, 0.25) is 5.91 Å². The van der Waals surface area contributed by atoms with E-state index in [1.807, 2.05) is 38.2 Å². The molecule has 1 aromatic carbocycles. The van der Waals surface area contributed by atoms with Gasteiger partial charge in [-0.15, -0.1) is 0 Å². The minimum absolute atomic E-state index is 0.105. The lowest BCUT2D eigenvalue weighted by molar-refractivity contribution is -0.134. The smallest absolute Gasteiger partial charge is 0.225 e. The standard InChI is InChI=1S/C16H24N2O2/c1-12-5-3-4-6-15(12)20-10-9-18(2)16(19)13-7-8-14(17)11-13/h3-6,13-14H,7-11,17H2,1-2H3/t13-,14+/m0/s1. The second-order valence-corrected chi connectivity index (χ2v) is 5.64. The minimum atomic E-state index is 0.105. The highest BCUT2D eigenvalue weighted by molar-refractivity contribution is 5.78. The topological polar surface area (TPSA) is 55.6 Å². The third kappa shape index (κ3) is 3.73. The highest BCUT2D eigenvalue weighted by atomic mass is 16.5. The fraction of sp³-hybridized carbons (Fsp3) is 0.562. The van der Waals surface area contributed by atoms with Gasteiger partial charge in [-0.1, -0.05) is 18.2 Å². The summed E-state index contributed by atoms with van der Waals surface area (Å²) in [5.74, 6) is 1.19. The molecule has 20 heavy (non-hydrogen) atoms. The lowest BCUT2D eigenvalue weighted by Crippen LogP contribution is -2.35. The van der Waals surface area contributed by atoms with Gasteiger partial charge in [-0.05, 0) is 37.8 Å². The molecule has 0 bridgehead atoms. The maximum absolute atomic E-state index is 12.2. The van der Waals surface area contributed by atoms with E-state index in [0.29, 0.717) is 13.2 Å². The molecule has 110 valence electrons. The predicted molar refractivity (Wildman–Crippen MR) is 79.6 cm³/mol. The van der Waals surface area contributed by atoms with Crippen LogP contribution in [0.4, 0.5) is 0 Å². The fourth-order valence-corrected chi connectivity index (χ4v) is 2.67. The largest absolute Gasteiger partial charge is 0.491 e. The number of carbonyl (C=O) groups is 1. The van der Waals surface area contributed by atoms with Gasteiger partial charge in [0.1, 0.15) is 12.4 Å². The number of aryl methyl sites for hydroxylation is 1. The van der Waals surface area contributed by atoms with Gasteiger partial charge in [0, 0.05) is 19.0 Å². The molecule has 4 nitrogen and oxygen atoms in total. The summed E-state index contributed by atoms with van der Waals surface area (Å²) in [4.78, 5) is 14.0. The van der Waals surface area contributed by atoms with E-state index in [-0.39, 0.29) is 17.9 Å². The van der Waals surface area contributed by atoms with E-state index in [9.17, 15) is 4.79 Å². The number of nitrogens with two attached hydrogens (primary N) is 1. The third-order valence-corrected chi connectivity index (χ3v) is 3.98. The van der Waals surface area contributed by atoms with E-state index < -0.39 is 0 Å². The Morgan fingerprint density at radius 2 is 2.15 bits per heavy atom. The quantitative estimate of drug-likeness (QED) is 0.894. The van der Waals surface area contributed by atoms with Gasteiger partial charge in [0.15, 0.2) is 0 Å². The van der Waals surface area contributed by atoms with Gasteiger partial charge >= 0.3 is 0 Å². The predicted octanol–water partition coefficient (Wildman–Crippen LogP) is 1.96. The number of hydrogen-bond acceptors (Lipinski definition) is 3. The molecule has 1 aliphatic rings. The van der Waals surface area contributed by atoms with Crippen molar-refractivity contribution < 1.29 is 9.53 Å². The Labute approximate surface area is 120 Å². The zero-order valence-electron chi connectivity index (χ0n) is 12.3. The molecular formula is C16H24N2O2. The summed E-state index contributed by atoms with van der Waals surface area (Å²) in [6, 6.07) is 8.11. The molecule has 1 amide bonds. The Hall–Kier alpha value is -1.55. The second kappa shape index (κ2) is 6.75. The van der Waals surface area contributed by atoms with Crippen molar-refractivity contribution >= 4 is 5.91 Å². The van der Waals surface area contributed by atoms with Crippen LogP contribution in [0.2, 0.25) is 0 Å². The van der Waals surface area contributed by atoms with Crippen LogP contribution in [0.15, 0.2) is 24.3 Å². The van der Waals surface area contributed by atoms with Crippen LogP contribution in [0.1, 0.15) is 24.8 Å². The third-order valence-electron chi connectivity index (χ3n) is 3.98. The molecule has 0 aromatic heterocycles. The van der Waals surface area contributed by atoms with Gasteiger partial charge in [-0.25, -0.2) is 0 Å². The number of nitrogens with zero attached hydrogens (tertiary/aromatic N) is 1. The van der Waals surface area contributed by atoms with Gasteiger partial charge in [-0.3, -0.25) is 4.79 Å². The van der Waals surface area contributed by atoms with Crippen molar-refractivity contribution in [3.05, 3.63) is 29.8 Å². The molecule has 1 fully saturated rings. The Bertz CT molecular complexity index is 462. The van der Waals surface area contributed by atoms with E-state index in [0.717, 1.165) is 30.6 Å². The molecule has 0 spiro atoms. The van der Waals surface area contributed by atoms with Gasteiger partial charge < -0.3 is 15.4 Å². The maximum Gasteiger partial charge on any atom is 0.225 e. The summed E-state index contributed by atoms with van der Waals surface area (Å²) in [6.45, 7) is 3.15. The van der Waals surface area contributed by atoms with Crippen molar-refractivity contribution in [2.45, 2.75) is 32.2 Å². The lowest BCUT2D eigenvalue weighted by atomic mass is 10.1. The highest BCUT2D eigenvalue weighted by Crippen LogP contribution is 2.25. The average Bonchev–Trinajstić information content (AvgIpc) is 2.86. The van der Waals surface area contributed by atoms with E-state index in [2.05, 4.69) is 0 Å². The summed E-state index contributed by atoms with van der Waals surface area (Å²) in [5, 5.41) is 0. The molecule has 2 atom stereocenters. The van der Waals surface area contributed by atoms with E-state index in [4.69, 9.17) is 10.5 Å². The molecule has 4 heteroatoms. The first-order valence-electron chi connectivity index (χ1n) is 7.27. The molecule has 1 aromatic rings. The van der Waals surface area contributed by atoms with Crippen molar-refractivity contribution in [3.63, 3.8) is 0 Å². The van der Waals surface area contributed by atoms with E-state index in [1.54, 1.807) is 4.90 Å². The summed E-state index contributed by atoms with van der Waals surface area (Å²) in [6.07, 6.45) is 2.70. The molecule has 2 N–H and O–H groups in total. The van der Waals surface area contributed by atoms with Crippen molar-refractivity contribution in [3.8, 4) is 5.75 Å². The van der Waals surface area contributed by atoms with Crippen LogP contribution in [-0.4, -0.2) is 37.0 Å². The Morgan fingerprint density at radius 1 is 1.40 bits per heavy atom. The Morgan fingerprint density at radius 3 is 2.80 bits per heavy atom. The molecule has 0 aliphatic heterocycles. The van der Waals surface area contributed by atoms with Crippen molar-refractivity contribution in [1.29, 1.82) is 0 Å². The first-order chi connectivity index (χ1) is 9.58. The molecule has 0 saturated heterocycles. The maximum atomic E-state index is 12.2. The van der Waals surface area contributed by atoms with Crippen molar-refractivity contribution in [2.75, 3.05) is 20.2 Å². The van der Waals surface area contributed by atoms with Crippen LogP contribution in [-0.2, 0) is 4.79 Å². The Kier molecular flexibility index (Phi) is 5.01. The highest BCUT2D eigenvalue weighted by Gasteiger charge is 2.29. The van der Waals surface area contributed by atoms with Crippen molar-refractivity contribution in [2.24, 2.45) is 11.7 Å². The van der Waals surface area contributed by atoms with E-state index >= 15 is 0 Å². The zero-order chi connectivity index (χ0) is 14.5. The lowest BCUT2D eigenvalue weighted by Gasteiger charge is -2.21. The first kappa shape index (κ1) is 14.9. The van der Waals surface area contributed by atoms with Gasteiger partial charge in [0.05, 0.1) is 6.54 Å². The normalized spacial score (nSPS) is 21.8. The van der Waals surface area contributed by atoms with Crippen LogP contribution < -0.4 is 10.5 Å². The summed E-state index contributed by atoms with van der Waals surface area (Å²) >= 11 is 0. The Balaban J connectivity index is 1.76. The van der Waals surface area contributed by atoms with Crippen LogP contribution in [0.5, 0.6) is 5.75 Å². The monoisotopic (exact) mass is 276 g/mol. The number of rotatable bonds is 5. The van der Waals surface area contributed by atoms with Gasteiger partial charge in [0.25, 0.3) is 0 Å². The summed E-state index contributed by atoms with van der Waals surface area (Å²) in [7, 11) is 1.84. The summed E-state index contributed by atoms with van der Waals surface area (Å²) in [5.41, 5.74) is 6.97. The second-order valence-electron chi connectivity index (χ2n) is 5.64. The molecular weight excluding hydrogens is 252 g/mol. The zero-order valence-corrected chi connectivity index (χ0v) is 12.3. The van der Waals surface area contributed by atoms with Crippen LogP contribution in [0.3, 0.4) is 0 Å². The minimum Gasteiger partial charge on any atom is -0.491 e. The van der Waals surface area contributed by atoms with Gasteiger partial charge in [-0.2, -0.15) is 0 Å². The molecule has 0 radical (unpaired) electrons. The number of carbonyl (C=O) groups excluding carboxylic acids is 1.